The molecule has 2 rings (SSSR count). The molecule has 0 radical (unpaired) electrons. The van der Waals surface area contributed by atoms with E-state index in [9.17, 15) is 9.18 Å². The molecule has 0 aliphatic heterocycles. The zero-order valence-electron chi connectivity index (χ0n) is 13.3. The van der Waals surface area contributed by atoms with E-state index in [-0.39, 0.29) is 11.7 Å². The highest BCUT2D eigenvalue weighted by Crippen LogP contribution is 2.19. The van der Waals surface area contributed by atoms with Gasteiger partial charge in [0.2, 0.25) is 0 Å². The van der Waals surface area contributed by atoms with E-state index in [0.29, 0.717) is 12.1 Å². The number of carbonyl (C=O) groups is 1. The Bertz CT molecular complexity index is 677. The Hall–Kier alpha value is -2.36. The number of benzene rings is 2. The zero-order chi connectivity index (χ0) is 16.3. The molecule has 0 unspecified atom stereocenters. The molecule has 0 aromatic heterocycles. The average molecular weight is 301 g/mol. The molecule has 0 N–H and O–H groups in total. The van der Waals surface area contributed by atoms with Crippen LogP contribution in [0.5, 0.6) is 5.75 Å². The van der Waals surface area contributed by atoms with E-state index < -0.39 is 5.82 Å². The van der Waals surface area contributed by atoms with Gasteiger partial charge in [0.25, 0.3) is 5.91 Å². The second-order valence-electron chi connectivity index (χ2n) is 5.51. The summed E-state index contributed by atoms with van der Waals surface area (Å²) in [5.74, 6) is -0.303. The van der Waals surface area contributed by atoms with Gasteiger partial charge in [-0.3, -0.25) is 4.79 Å². The molecule has 22 heavy (non-hydrogen) atoms. The predicted octanol–water partition coefficient (Wildman–Crippen LogP) is 3.72. The summed E-state index contributed by atoms with van der Waals surface area (Å²) in [5, 5.41) is 0. The molecule has 0 aliphatic carbocycles. The minimum absolute atomic E-state index is 0.0805. The van der Waals surface area contributed by atoms with Crippen molar-refractivity contribution >= 4 is 5.91 Å². The second-order valence-corrected chi connectivity index (χ2v) is 5.51. The average Bonchev–Trinajstić information content (AvgIpc) is 2.45. The first-order valence-electron chi connectivity index (χ1n) is 7.07. The maximum absolute atomic E-state index is 13.7. The Labute approximate surface area is 130 Å². The highest BCUT2D eigenvalue weighted by Gasteiger charge is 2.14. The van der Waals surface area contributed by atoms with Crippen molar-refractivity contribution in [2.24, 2.45) is 0 Å². The molecule has 2 aromatic carbocycles. The molecule has 0 spiro atoms. The van der Waals surface area contributed by atoms with Crippen LogP contribution in [-0.2, 0) is 6.54 Å². The van der Waals surface area contributed by atoms with E-state index in [1.807, 2.05) is 32.0 Å². The number of rotatable bonds is 4. The SMILES string of the molecule is COc1ccc(CN(C)C(=O)c2cc(C)cc(C)c2)cc1F. The normalized spacial score (nSPS) is 10.4. The molecular weight excluding hydrogens is 281 g/mol. The number of methoxy groups -OCH3 is 1. The first kappa shape index (κ1) is 16.0. The van der Waals surface area contributed by atoms with Crippen LogP contribution in [0, 0.1) is 19.7 Å². The maximum Gasteiger partial charge on any atom is 0.253 e. The lowest BCUT2D eigenvalue weighted by Crippen LogP contribution is -2.26. The first-order valence-corrected chi connectivity index (χ1v) is 7.07. The number of amides is 1. The fourth-order valence-corrected chi connectivity index (χ4v) is 2.47. The molecule has 0 saturated heterocycles. The fraction of sp³-hybridized carbons (Fsp3) is 0.278. The van der Waals surface area contributed by atoms with Crippen molar-refractivity contribution in [1.82, 2.24) is 4.90 Å². The summed E-state index contributed by atoms with van der Waals surface area (Å²) in [6, 6.07) is 10.5. The van der Waals surface area contributed by atoms with Gasteiger partial charge in [-0.15, -0.1) is 0 Å². The molecule has 0 fully saturated rings. The van der Waals surface area contributed by atoms with E-state index >= 15 is 0 Å². The minimum atomic E-state index is -0.424. The number of hydrogen-bond acceptors (Lipinski definition) is 2. The van der Waals surface area contributed by atoms with Gasteiger partial charge in [0.15, 0.2) is 11.6 Å². The Kier molecular flexibility index (Phi) is 4.81. The monoisotopic (exact) mass is 301 g/mol. The van der Waals surface area contributed by atoms with Crippen molar-refractivity contribution in [3.05, 3.63) is 64.5 Å². The molecular formula is C18H20FNO2. The van der Waals surface area contributed by atoms with Gasteiger partial charge in [0.05, 0.1) is 7.11 Å². The number of halogens is 1. The Balaban J connectivity index is 2.16. The molecule has 2 aromatic rings. The smallest absolute Gasteiger partial charge is 0.253 e. The van der Waals surface area contributed by atoms with Crippen LogP contribution in [0.3, 0.4) is 0 Å². The number of nitrogens with zero attached hydrogens (tertiary/aromatic N) is 1. The number of hydrogen-bond donors (Lipinski definition) is 0. The quantitative estimate of drug-likeness (QED) is 0.861. The van der Waals surface area contributed by atoms with E-state index in [4.69, 9.17) is 4.74 Å². The topological polar surface area (TPSA) is 29.5 Å². The molecule has 1 amide bonds. The van der Waals surface area contributed by atoms with Crippen LogP contribution in [0.1, 0.15) is 27.0 Å². The van der Waals surface area contributed by atoms with Crippen LogP contribution in [-0.4, -0.2) is 25.0 Å². The van der Waals surface area contributed by atoms with Gasteiger partial charge in [0, 0.05) is 19.2 Å². The summed E-state index contributed by atoms with van der Waals surface area (Å²) in [6.45, 7) is 4.26. The van der Waals surface area contributed by atoms with Gasteiger partial charge in [-0.2, -0.15) is 0 Å². The van der Waals surface area contributed by atoms with E-state index in [2.05, 4.69) is 0 Å². The van der Waals surface area contributed by atoms with Crippen LogP contribution in [0.4, 0.5) is 4.39 Å². The first-order chi connectivity index (χ1) is 10.4. The van der Waals surface area contributed by atoms with Crippen LogP contribution >= 0.6 is 0 Å². The third-order valence-corrected chi connectivity index (χ3v) is 3.45. The van der Waals surface area contributed by atoms with Gasteiger partial charge in [-0.1, -0.05) is 23.3 Å². The summed E-state index contributed by atoms with van der Waals surface area (Å²) in [4.78, 5) is 14.0. The van der Waals surface area contributed by atoms with E-state index in [0.717, 1.165) is 16.7 Å². The van der Waals surface area contributed by atoms with Gasteiger partial charge < -0.3 is 9.64 Å². The summed E-state index contributed by atoms with van der Waals surface area (Å²) < 4.78 is 18.6. The van der Waals surface area contributed by atoms with Crippen molar-refractivity contribution < 1.29 is 13.9 Å². The summed E-state index contributed by atoms with van der Waals surface area (Å²) in [6.07, 6.45) is 0. The fourth-order valence-electron chi connectivity index (χ4n) is 2.47. The lowest BCUT2D eigenvalue weighted by atomic mass is 10.1. The third kappa shape index (κ3) is 3.64. The summed E-state index contributed by atoms with van der Waals surface area (Å²) >= 11 is 0. The van der Waals surface area contributed by atoms with Crippen LogP contribution < -0.4 is 4.74 Å². The van der Waals surface area contributed by atoms with Gasteiger partial charge in [0.1, 0.15) is 0 Å². The van der Waals surface area contributed by atoms with Gasteiger partial charge >= 0.3 is 0 Å². The number of carbonyl (C=O) groups excluding carboxylic acids is 1. The van der Waals surface area contributed by atoms with Crippen molar-refractivity contribution in [1.29, 1.82) is 0 Å². The molecule has 3 nitrogen and oxygen atoms in total. The van der Waals surface area contributed by atoms with Gasteiger partial charge in [-0.25, -0.2) is 4.39 Å². The lowest BCUT2D eigenvalue weighted by Gasteiger charge is -2.18. The van der Waals surface area contributed by atoms with Crippen LogP contribution in [0.2, 0.25) is 0 Å². The van der Waals surface area contributed by atoms with Crippen molar-refractivity contribution in [2.75, 3.05) is 14.2 Å². The highest BCUT2D eigenvalue weighted by molar-refractivity contribution is 5.94. The summed E-state index contributed by atoms with van der Waals surface area (Å²) in [5.41, 5.74) is 3.46. The molecule has 116 valence electrons. The Morgan fingerprint density at radius 2 is 1.77 bits per heavy atom. The van der Waals surface area contributed by atoms with Crippen LogP contribution in [0.15, 0.2) is 36.4 Å². The zero-order valence-corrected chi connectivity index (χ0v) is 13.3. The number of ether oxygens (including phenoxy) is 1. The molecule has 0 bridgehead atoms. The van der Waals surface area contributed by atoms with Crippen molar-refractivity contribution in [3.63, 3.8) is 0 Å². The summed E-state index contributed by atoms with van der Waals surface area (Å²) in [7, 11) is 3.13. The second kappa shape index (κ2) is 6.60. The number of aryl methyl sites for hydroxylation is 2. The van der Waals surface area contributed by atoms with E-state index in [1.165, 1.54) is 13.2 Å². The van der Waals surface area contributed by atoms with Crippen LogP contribution in [0.25, 0.3) is 0 Å². The Morgan fingerprint density at radius 3 is 2.32 bits per heavy atom. The molecule has 0 atom stereocenters. The Morgan fingerprint density at radius 1 is 1.14 bits per heavy atom. The van der Waals surface area contributed by atoms with Crippen molar-refractivity contribution in [2.45, 2.75) is 20.4 Å². The molecule has 0 heterocycles. The highest BCUT2D eigenvalue weighted by atomic mass is 19.1. The lowest BCUT2D eigenvalue weighted by molar-refractivity contribution is 0.0784. The van der Waals surface area contributed by atoms with Gasteiger partial charge in [-0.05, 0) is 43.7 Å². The predicted molar refractivity (Wildman–Crippen MR) is 84.7 cm³/mol. The molecule has 0 saturated carbocycles. The van der Waals surface area contributed by atoms with E-state index in [1.54, 1.807) is 24.1 Å². The molecule has 4 heteroatoms. The molecule has 0 aliphatic rings. The third-order valence-electron chi connectivity index (χ3n) is 3.45. The van der Waals surface area contributed by atoms with Crippen molar-refractivity contribution in [3.8, 4) is 5.75 Å². The largest absolute Gasteiger partial charge is 0.494 e. The minimum Gasteiger partial charge on any atom is -0.494 e. The standard InChI is InChI=1S/C18H20FNO2/c1-12-7-13(2)9-15(8-12)18(21)20(3)11-14-5-6-17(22-4)16(19)10-14/h5-10H,11H2,1-4H3. The maximum atomic E-state index is 13.7.